The molecule has 0 saturated heterocycles. The molecule has 0 aromatic heterocycles. The Hall–Kier alpha value is -0.950. The Morgan fingerprint density at radius 1 is 1.21 bits per heavy atom. The molecule has 1 amide bonds. The Balaban J connectivity index is 2.84. The van der Waals surface area contributed by atoms with Gasteiger partial charge >= 0.3 is 5.97 Å². The lowest BCUT2D eigenvalue weighted by Crippen LogP contribution is -2.49. The fourth-order valence-electron chi connectivity index (χ4n) is 1.67. The number of esters is 1. The molecule has 0 aliphatic heterocycles. The lowest BCUT2D eigenvalue weighted by atomic mass is 10.1. The third-order valence-corrected chi connectivity index (χ3v) is 4.43. The number of aliphatic hydroxyl groups is 1. The maximum atomic E-state index is 12.3. The standard InChI is InChI=1S/C16H21Cl2NO4S/c1-15(2,3)23-14(21)16(4,22)8-19-13(20)9-6-12(24-5)11(18)7-10(9)17/h6-7,22H,8H2,1-5H3,(H,19,20)/t16-/m1/s1. The van der Waals surface area contributed by atoms with Crippen LogP contribution in [0.1, 0.15) is 38.1 Å². The number of amides is 1. The van der Waals surface area contributed by atoms with Crippen molar-refractivity contribution in [3.05, 3.63) is 27.7 Å². The first-order chi connectivity index (χ1) is 10.9. The molecule has 24 heavy (non-hydrogen) atoms. The molecule has 0 aliphatic carbocycles. The first-order valence-corrected chi connectivity index (χ1v) is 9.12. The summed E-state index contributed by atoms with van der Waals surface area (Å²) in [6, 6.07) is 3.04. The summed E-state index contributed by atoms with van der Waals surface area (Å²) in [6.45, 7) is 6.04. The van der Waals surface area contributed by atoms with Gasteiger partial charge < -0.3 is 15.2 Å². The van der Waals surface area contributed by atoms with Gasteiger partial charge in [0.1, 0.15) is 5.60 Å². The number of hydrogen-bond donors (Lipinski definition) is 2. The molecule has 0 saturated carbocycles. The Morgan fingerprint density at radius 2 is 1.79 bits per heavy atom. The lowest BCUT2D eigenvalue weighted by molar-refractivity contribution is -0.174. The molecule has 8 heteroatoms. The fourth-order valence-corrected chi connectivity index (χ4v) is 2.86. The Morgan fingerprint density at radius 3 is 2.29 bits per heavy atom. The van der Waals surface area contributed by atoms with Crippen LogP contribution in [0.2, 0.25) is 10.0 Å². The van der Waals surface area contributed by atoms with E-state index in [-0.39, 0.29) is 17.1 Å². The van der Waals surface area contributed by atoms with Crippen LogP contribution in [0.5, 0.6) is 0 Å². The summed E-state index contributed by atoms with van der Waals surface area (Å²) in [5.41, 5.74) is -2.38. The summed E-state index contributed by atoms with van der Waals surface area (Å²) >= 11 is 13.4. The van der Waals surface area contributed by atoms with Crippen molar-refractivity contribution >= 4 is 46.8 Å². The topological polar surface area (TPSA) is 75.6 Å². The third kappa shape index (κ3) is 5.84. The van der Waals surface area contributed by atoms with Crippen LogP contribution in [0, 0.1) is 0 Å². The summed E-state index contributed by atoms with van der Waals surface area (Å²) in [6.07, 6.45) is 1.82. The van der Waals surface area contributed by atoms with E-state index in [1.54, 1.807) is 26.8 Å². The largest absolute Gasteiger partial charge is 0.458 e. The Labute approximate surface area is 156 Å². The number of halogens is 2. The molecule has 5 nitrogen and oxygen atoms in total. The second kappa shape index (κ2) is 7.95. The van der Waals surface area contributed by atoms with Gasteiger partial charge in [-0.25, -0.2) is 4.79 Å². The van der Waals surface area contributed by atoms with Gasteiger partial charge in [-0.05, 0) is 46.1 Å². The monoisotopic (exact) mass is 393 g/mol. The van der Waals surface area contributed by atoms with Gasteiger partial charge in [0.05, 0.1) is 22.2 Å². The van der Waals surface area contributed by atoms with Crippen LogP contribution in [0.4, 0.5) is 0 Å². The molecule has 0 radical (unpaired) electrons. The smallest absolute Gasteiger partial charge is 0.340 e. The molecule has 2 N–H and O–H groups in total. The van der Waals surface area contributed by atoms with Crippen LogP contribution in [0.15, 0.2) is 17.0 Å². The second-order valence-electron chi connectivity index (χ2n) is 6.43. The van der Waals surface area contributed by atoms with E-state index in [0.29, 0.717) is 9.92 Å². The van der Waals surface area contributed by atoms with E-state index in [1.807, 2.05) is 6.26 Å². The first kappa shape index (κ1) is 21.1. The molecule has 0 bridgehead atoms. The van der Waals surface area contributed by atoms with Gasteiger partial charge in [0, 0.05) is 4.90 Å². The van der Waals surface area contributed by atoms with Crippen LogP contribution in [0.25, 0.3) is 0 Å². The first-order valence-electron chi connectivity index (χ1n) is 7.14. The zero-order valence-corrected chi connectivity index (χ0v) is 16.5. The zero-order chi connectivity index (χ0) is 18.7. The molecule has 1 aromatic carbocycles. The molecule has 0 spiro atoms. The SMILES string of the molecule is CSc1cc(C(=O)NC[C@@](C)(O)C(=O)OC(C)(C)C)c(Cl)cc1Cl. The summed E-state index contributed by atoms with van der Waals surface area (Å²) in [5, 5.41) is 13.3. The van der Waals surface area contributed by atoms with Crippen molar-refractivity contribution in [3.8, 4) is 0 Å². The van der Waals surface area contributed by atoms with Gasteiger partial charge in [-0.1, -0.05) is 23.2 Å². The number of carbonyl (C=O) groups excluding carboxylic acids is 2. The highest BCUT2D eigenvalue weighted by Gasteiger charge is 2.35. The minimum atomic E-state index is -1.86. The van der Waals surface area contributed by atoms with Crippen molar-refractivity contribution in [2.75, 3.05) is 12.8 Å². The highest BCUT2D eigenvalue weighted by atomic mass is 35.5. The predicted octanol–water partition coefficient (Wildman–Crippen LogP) is 3.54. The quantitative estimate of drug-likeness (QED) is 0.590. The zero-order valence-electron chi connectivity index (χ0n) is 14.2. The number of carbonyl (C=O) groups is 2. The minimum Gasteiger partial charge on any atom is -0.458 e. The van der Waals surface area contributed by atoms with Gasteiger partial charge in [0.25, 0.3) is 5.91 Å². The Bertz CT molecular complexity index is 642. The van der Waals surface area contributed by atoms with Crippen molar-refractivity contribution in [1.29, 1.82) is 0 Å². The van der Waals surface area contributed by atoms with E-state index >= 15 is 0 Å². The molecule has 0 aliphatic rings. The normalized spacial score (nSPS) is 14.0. The molecular formula is C16H21Cl2NO4S. The number of benzene rings is 1. The van der Waals surface area contributed by atoms with Crippen LogP contribution >= 0.6 is 35.0 Å². The molecule has 1 rings (SSSR count). The van der Waals surface area contributed by atoms with Crippen molar-refractivity contribution in [2.24, 2.45) is 0 Å². The number of thioether (sulfide) groups is 1. The molecule has 0 heterocycles. The molecule has 0 fully saturated rings. The highest BCUT2D eigenvalue weighted by Crippen LogP contribution is 2.31. The van der Waals surface area contributed by atoms with Gasteiger partial charge in [0.2, 0.25) is 0 Å². The minimum absolute atomic E-state index is 0.187. The van der Waals surface area contributed by atoms with Gasteiger partial charge in [-0.15, -0.1) is 11.8 Å². The predicted molar refractivity (Wildman–Crippen MR) is 97.0 cm³/mol. The molecule has 1 atom stereocenters. The van der Waals surface area contributed by atoms with Gasteiger partial charge in [-0.3, -0.25) is 4.79 Å². The van der Waals surface area contributed by atoms with Crippen LogP contribution < -0.4 is 5.32 Å². The van der Waals surface area contributed by atoms with Crippen LogP contribution in [-0.4, -0.2) is 41.0 Å². The summed E-state index contributed by atoms with van der Waals surface area (Å²) < 4.78 is 5.13. The number of nitrogens with one attached hydrogen (secondary N) is 1. The third-order valence-electron chi connectivity index (χ3n) is 2.92. The maximum absolute atomic E-state index is 12.3. The lowest BCUT2D eigenvalue weighted by Gasteiger charge is -2.27. The van der Waals surface area contributed by atoms with E-state index < -0.39 is 23.1 Å². The van der Waals surface area contributed by atoms with E-state index in [4.69, 9.17) is 27.9 Å². The van der Waals surface area contributed by atoms with Crippen molar-refractivity contribution < 1.29 is 19.4 Å². The average molecular weight is 394 g/mol. The molecule has 1 aromatic rings. The van der Waals surface area contributed by atoms with E-state index in [2.05, 4.69) is 5.32 Å². The Kier molecular flexibility index (Phi) is 6.99. The molecule has 0 unspecified atom stereocenters. The van der Waals surface area contributed by atoms with Gasteiger partial charge in [0.15, 0.2) is 5.60 Å². The van der Waals surface area contributed by atoms with Crippen molar-refractivity contribution in [3.63, 3.8) is 0 Å². The van der Waals surface area contributed by atoms with Crippen molar-refractivity contribution in [1.82, 2.24) is 5.32 Å². The van der Waals surface area contributed by atoms with E-state index in [1.165, 1.54) is 24.8 Å². The number of hydrogen-bond acceptors (Lipinski definition) is 5. The summed E-state index contributed by atoms with van der Waals surface area (Å²) in [4.78, 5) is 25.0. The molecule has 134 valence electrons. The number of rotatable bonds is 5. The summed E-state index contributed by atoms with van der Waals surface area (Å²) in [5.74, 6) is -1.34. The highest BCUT2D eigenvalue weighted by molar-refractivity contribution is 7.98. The van der Waals surface area contributed by atoms with Crippen LogP contribution in [-0.2, 0) is 9.53 Å². The summed E-state index contributed by atoms with van der Waals surface area (Å²) in [7, 11) is 0. The molecular weight excluding hydrogens is 373 g/mol. The average Bonchev–Trinajstić information content (AvgIpc) is 2.43. The fraction of sp³-hybridized carbons (Fsp3) is 0.500. The van der Waals surface area contributed by atoms with E-state index in [9.17, 15) is 14.7 Å². The van der Waals surface area contributed by atoms with E-state index in [0.717, 1.165) is 0 Å². The van der Waals surface area contributed by atoms with Gasteiger partial charge in [-0.2, -0.15) is 0 Å². The second-order valence-corrected chi connectivity index (χ2v) is 8.09. The number of ether oxygens (including phenoxy) is 1. The van der Waals surface area contributed by atoms with Crippen LogP contribution in [0.3, 0.4) is 0 Å². The maximum Gasteiger partial charge on any atom is 0.340 e. The van der Waals surface area contributed by atoms with Crippen molar-refractivity contribution in [2.45, 2.75) is 43.8 Å².